The van der Waals surface area contributed by atoms with Crippen LogP contribution in [0.2, 0.25) is 0 Å². The van der Waals surface area contributed by atoms with Crippen LogP contribution in [-0.4, -0.2) is 12.6 Å². The summed E-state index contributed by atoms with van der Waals surface area (Å²) in [6, 6.07) is 37.1. The molecule has 0 atom stereocenters. The summed E-state index contributed by atoms with van der Waals surface area (Å²) in [5.41, 5.74) is 4.15. The van der Waals surface area contributed by atoms with Gasteiger partial charge in [-0.2, -0.15) is 0 Å². The highest BCUT2D eigenvalue weighted by molar-refractivity contribution is 7.18. The maximum absolute atomic E-state index is 12.7. The Labute approximate surface area is 197 Å². The van der Waals surface area contributed by atoms with Crippen molar-refractivity contribution in [1.82, 2.24) is 0 Å². The summed E-state index contributed by atoms with van der Waals surface area (Å²) >= 11 is 1.46. The van der Waals surface area contributed by atoms with Gasteiger partial charge < -0.3 is 9.64 Å². The van der Waals surface area contributed by atoms with Crippen LogP contribution in [0.3, 0.4) is 0 Å². The molecule has 0 bridgehead atoms. The Balaban J connectivity index is 1.79. The number of benzene rings is 4. The lowest BCUT2D eigenvalue weighted by atomic mass is 10.0. The van der Waals surface area contributed by atoms with Crippen LogP contribution in [-0.2, 0) is 4.74 Å². The molecule has 33 heavy (non-hydrogen) atoms. The first kappa shape index (κ1) is 21.0. The highest BCUT2D eigenvalue weighted by atomic mass is 32.1. The van der Waals surface area contributed by atoms with Crippen LogP contribution in [0.15, 0.2) is 109 Å². The molecule has 0 aliphatic heterocycles. The first-order valence-corrected chi connectivity index (χ1v) is 11.8. The third-order valence-electron chi connectivity index (χ3n) is 5.50. The number of esters is 1. The van der Waals surface area contributed by atoms with E-state index in [2.05, 4.69) is 71.6 Å². The molecule has 0 spiro atoms. The zero-order valence-electron chi connectivity index (χ0n) is 18.3. The highest BCUT2D eigenvalue weighted by Gasteiger charge is 2.24. The topological polar surface area (TPSA) is 29.5 Å². The lowest BCUT2D eigenvalue weighted by Gasteiger charge is -2.26. The van der Waals surface area contributed by atoms with Crippen LogP contribution < -0.4 is 4.90 Å². The number of hydrogen-bond donors (Lipinski definition) is 0. The summed E-state index contributed by atoms with van der Waals surface area (Å²) in [6.45, 7) is 2.18. The molecular formula is C29H23NO2S. The van der Waals surface area contributed by atoms with Gasteiger partial charge in [0.2, 0.25) is 0 Å². The van der Waals surface area contributed by atoms with E-state index >= 15 is 0 Å². The molecule has 0 N–H and O–H groups in total. The summed E-state index contributed by atoms with van der Waals surface area (Å²) in [5, 5.41) is 3.29. The van der Waals surface area contributed by atoms with E-state index in [1.54, 1.807) is 0 Å². The minimum atomic E-state index is -0.295. The van der Waals surface area contributed by atoms with Gasteiger partial charge >= 0.3 is 5.97 Å². The van der Waals surface area contributed by atoms with Gasteiger partial charge in [0, 0.05) is 16.6 Å². The van der Waals surface area contributed by atoms with E-state index in [9.17, 15) is 4.79 Å². The van der Waals surface area contributed by atoms with Gasteiger partial charge in [0.1, 0.15) is 9.88 Å². The molecule has 0 aliphatic carbocycles. The van der Waals surface area contributed by atoms with E-state index in [1.165, 1.54) is 16.7 Å². The maximum atomic E-state index is 12.7. The van der Waals surface area contributed by atoms with Crippen LogP contribution in [0, 0.1) is 0 Å². The van der Waals surface area contributed by atoms with Crippen LogP contribution in [0.1, 0.15) is 16.6 Å². The van der Waals surface area contributed by atoms with Gasteiger partial charge in [0.25, 0.3) is 0 Å². The van der Waals surface area contributed by atoms with Gasteiger partial charge in [0.05, 0.1) is 12.3 Å². The van der Waals surface area contributed by atoms with E-state index < -0.39 is 0 Å². The molecule has 0 radical (unpaired) electrons. The summed E-state index contributed by atoms with van der Waals surface area (Å²) in [7, 11) is 0. The lowest BCUT2D eigenvalue weighted by molar-refractivity contribution is 0.0532. The smallest absolute Gasteiger partial charge is 0.348 e. The average molecular weight is 450 g/mol. The van der Waals surface area contributed by atoms with Gasteiger partial charge in [-0.05, 0) is 42.1 Å². The minimum Gasteiger partial charge on any atom is -0.462 e. The minimum absolute atomic E-state index is 0.295. The Bertz CT molecular complexity index is 1390. The fraction of sp³-hybridized carbons (Fsp3) is 0.0690. The van der Waals surface area contributed by atoms with E-state index in [4.69, 9.17) is 4.74 Å². The van der Waals surface area contributed by atoms with E-state index in [0.717, 1.165) is 32.9 Å². The third-order valence-corrected chi connectivity index (χ3v) is 6.60. The molecule has 162 valence electrons. The highest BCUT2D eigenvalue weighted by Crippen LogP contribution is 2.47. The number of nitrogens with zero attached hydrogens (tertiary/aromatic N) is 1. The number of hydrogen-bond acceptors (Lipinski definition) is 4. The first-order chi connectivity index (χ1) is 16.3. The molecule has 1 aromatic heterocycles. The first-order valence-electron chi connectivity index (χ1n) is 11.0. The fourth-order valence-electron chi connectivity index (χ4n) is 4.02. The molecule has 0 saturated carbocycles. The molecule has 0 saturated heterocycles. The molecular weight excluding hydrogens is 426 g/mol. The molecule has 5 rings (SSSR count). The van der Waals surface area contributed by atoms with Crippen molar-refractivity contribution in [1.29, 1.82) is 0 Å². The zero-order chi connectivity index (χ0) is 22.6. The number of anilines is 3. The third kappa shape index (κ3) is 4.13. The second-order valence-corrected chi connectivity index (χ2v) is 8.62. The molecule has 0 fully saturated rings. The van der Waals surface area contributed by atoms with E-state index in [-0.39, 0.29) is 5.97 Å². The number of thiophene rings is 1. The normalized spacial score (nSPS) is 10.8. The van der Waals surface area contributed by atoms with Crippen molar-refractivity contribution in [2.45, 2.75) is 6.92 Å². The van der Waals surface area contributed by atoms with Crippen molar-refractivity contribution in [2.75, 3.05) is 11.5 Å². The lowest BCUT2D eigenvalue weighted by Crippen LogP contribution is -2.10. The number of carbonyl (C=O) groups is 1. The van der Waals surface area contributed by atoms with Crippen molar-refractivity contribution >= 4 is 44.5 Å². The average Bonchev–Trinajstić information content (AvgIpc) is 3.31. The standard InChI is InChI=1S/C29H23NO2S/c1-2-32-29(31)27-20-25(22-12-5-3-6-13-22)28(33-27)30(23-16-7-4-8-17-23)26-19-11-15-21-14-9-10-18-24(21)26/h3-20H,2H2,1H3. The van der Waals surface area contributed by atoms with E-state index in [1.807, 2.05) is 49.4 Å². The summed E-state index contributed by atoms with van der Waals surface area (Å²) in [4.78, 5) is 15.6. The number of para-hydroxylation sites is 1. The van der Waals surface area contributed by atoms with Crippen LogP contribution in [0.25, 0.3) is 21.9 Å². The Hall–Kier alpha value is -3.89. The van der Waals surface area contributed by atoms with Gasteiger partial charge in [-0.15, -0.1) is 11.3 Å². The second kappa shape index (κ2) is 9.31. The summed E-state index contributed by atoms with van der Waals surface area (Å²) < 4.78 is 5.35. The van der Waals surface area contributed by atoms with Crippen LogP contribution in [0.4, 0.5) is 16.4 Å². The molecule has 1 heterocycles. The van der Waals surface area contributed by atoms with Gasteiger partial charge in [-0.1, -0.05) is 84.9 Å². The van der Waals surface area contributed by atoms with Crippen molar-refractivity contribution in [3.05, 3.63) is 114 Å². The Morgan fingerprint density at radius 3 is 2.24 bits per heavy atom. The van der Waals surface area contributed by atoms with E-state index in [0.29, 0.717) is 11.5 Å². The molecule has 4 heteroatoms. The van der Waals surface area contributed by atoms with Crippen molar-refractivity contribution in [2.24, 2.45) is 0 Å². The number of fused-ring (bicyclic) bond motifs is 1. The SMILES string of the molecule is CCOC(=O)c1cc(-c2ccccc2)c(N(c2ccccc2)c2cccc3ccccc23)s1. The van der Waals surface area contributed by atoms with Gasteiger partial charge in [-0.3, -0.25) is 0 Å². The molecule has 0 aliphatic rings. The van der Waals surface area contributed by atoms with Gasteiger partial charge in [0.15, 0.2) is 0 Å². The number of carbonyl (C=O) groups excluding carboxylic acids is 1. The summed E-state index contributed by atoms with van der Waals surface area (Å²) in [6.07, 6.45) is 0. The quantitative estimate of drug-likeness (QED) is 0.245. The molecule has 3 nitrogen and oxygen atoms in total. The Morgan fingerprint density at radius 2 is 1.48 bits per heavy atom. The number of rotatable bonds is 6. The molecule has 0 unspecified atom stereocenters. The summed E-state index contributed by atoms with van der Waals surface area (Å²) in [5.74, 6) is -0.295. The fourth-order valence-corrected chi connectivity index (χ4v) is 5.13. The maximum Gasteiger partial charge on any atom is 0.348 e. The Kier molecular flexibility index (Phi) is 5.92. The predicted molar refractivity (Wildman–Crippen MR) is 138 cm³/mol. The monoisotopic (exact) mass is 449 g/mol. The largest absolute Gasteiger partial charge is 0.462 e. The van der Waals surface area contributed by atoms with Crippen LogP contribution in [0.5, 0.6) is 0 Å². The van der Waals surface area contributed by atoms with Crippen molar-refractivity contribution in [3.8, 4) is 11.1 Å². The molecule has 5 aromatic rings. The second-order valence-electron chi connectivity index (χ2n) is 7.59. The van der Waals surface area contributed by atoms with Gasteiger partial charge in [-0.25, -0.2) is 4.79 Å². The van der Waals surface area contributed by atoms with Crippen molar-refractivity contribution in [3.63, 3.8) is 0 Å². The van der Waals surface area contributed by atoms with Crippen LogP contribution >= 0.6 is 11.3 Å². The molecule has 0 amide bonds. The molecule has 4 aromatic carbocycles. The predicted octanol–water partition coefficient (Wildman–Crippen LogP) is 8.21. The van der Waals surface area contributed by atoms with Crippen molar-refractivity contribution < 1.29 is 9.53 Å². The zero-order valence-corrected chi connectivity index (χ0v) is 19.1. The Morgan fingerprint density at radius 1 is 0.818 bits per heavy atom. The number of ether oxygens (including phenoxy) is 1.